The van der Waals surface area contributed by atoms with E-state index in [-0.39, 0.29) is 12.1 Å². The van der Waals surface area contributed by atoms with Crippen LogP contribution in [0.4, 0.5) is 0 Å². The maximum atomic E-state index is 12.3. The number of aliphatic hydroxyl groups is 1. The van der Waals surface area contributed by atoms with Crippen LogP contribution in [0.15, 0.2) is 12.1 Å². The monoisotopic (exact) mass is 401 g/mol. The lowest BCUT2D eigenvalue weighted by atomic mass is 9.48. The Morgan fingerprint density at radius 1 is 1.21 bits per heavy atom. The molecule has 158 valence electrons. The minimum Gasteiger partial charge on any atom is -0.490 e. The summed E-state index contributed by atoms with van der Waals surface area (Å²) in [6.07, 6.45) is 4.78. The highest BCUT2D eigenvalue weighted by Crippen LogP contribution is 2.67. The van der Waals surface area contributed by atoms with Crippen molar-refractivity contribution < 1.29 is 24.1 Å². The van der Waals surface area contributed by atoms with Gasteiger partial charge in [0.2, 0.25) is 5.79 Å². The summed E-state index contributed by atoms with van der Waals surface area (Å²) in [5, 5.41) is 12.3. The lowest BCUT2D eigenvalue weighted by molar-refractivity contribution is -0.295. The van der Waals surface area contributed by atoms with Crippen molar-refractivity contribution in [1.82, 2.24) is 4.90 Å². The van der Waals surface area contributed by atoms with Crippen molar-refractivity contribution in [3.05, 3.63) is 23.3 Å². The lowest BCUT2D eigenvalue weighted by Gasteiger charge is -2.64. The summed E-state index contributed by atoms with van der Waals surface area (Å²) in [7, 11) is 2.14. The molecule has 6 rings (SSSR count). The number of ether oxygens (including phenoxy) is 4. The van der Waals surface area contributed by atoms with E-state index in [4.69, 9.17) is 18.9 Å². The average molecular weight is 402 g/mol. The Morgan fingerprint density at radius 3 is 2.83 bits per heavy atom. The summed E-state index contributed by atoms with van der Waals surface area (Å²) in [5.41, 5.74) is 1.11. The Hall–Kier alpha value is -1.34. The Labute approximate surface area is 172 Å². The summed E-state index contributed by atoms with van der Waals surface area (Å²) in [5.74, 6) is 0.861. The number of hydrogen-bond acceptors (Lipinski definition) is 6. The van der Waals surface area contributed by atoms with Crippen LogP contribution < -0.4 is 9.47 Å². The maximum absolute atomic E-state index is 12.3. The lowest BCUT2D eigenvalue weighted by Crippen LogP contribution is -2.79. The molecule has 0 unspecified atom stereocenters. The number of unbranched alkanes of at least 4 members (excludes halogenated alkanes) is 1. The smallest absolute Gasteiger partial charge is 0.207 e. The molecule has 2 spiro atoms. The first kappa shape index (κ1) is 18.4. The number of nitrogens with zero attached hydrogens (tertiary/aromatic N) is 1. The Morgan fingerprint density at radius 2 is 2.03 bits per heavy atom. The van der Waals surface area contributed by atoms with E-state index in [2.05, 4.69) is 31.0 Å². The van der Waals surface area contributed by atoms with Gasteiger partial charge >= 0.3 is 0 Å². The van der Waals surface area contributed by atoms with Gasteiger partial charge in [-0.25, -0.2) is 0 Å². The zero-order chi connectivity index (χ0) is 19.9. The molecule has 0 radical (unpaired) electrons. The number of hydrogen-bond donors (Lipinski definition) is 1. The Kier molecular flexibility index (Phi) is 3.87. The number of piperidine rings is 1. The van der Waals surface area contributed by atoms with E-state index in [0.29, 0.717) is 32.7 Å². The van der Waals surface area contributed by atoms with Crippen molar-refractivity contribution in [2.24, 2.45) is 0 Å². The van der Waals surface area contributed by atoms with Gasteiger partial charge in [0.25, 0.3) is 0 Å². The summed E-state index contributed by atoms with van der Waals surface area (Å²) >= 11 is 0. The van der Waals surface area contributed by atoms with E-state index in [0.717, 1.165) is 43.7 Å². The fraction of sp³-hybridized carbons (Fsp3) is 0.739. The zero-order valence-electron chi connectivity index (χ0n) is 17.4. The molecule has 0 aromatic heterocycles. The van der Waals surface area contributed by atoms with E-state index in [1.807, 2.05) is 0 Å². The average Bonchev–Trinajstić information content (AvgIpc) is 3.32. The molecule has 2 aliphatic carbocycles. The molecule has 3 aliphatic heterocycles. The Balaban J connectivity index is 1.55. The molecule has 5 aliphatic rings. The van der Waals surface area contributed by atoms with Gasteiger partial charge in [-0.1, -0.05) is 19.4 Å². The van der Waals surface area contributed by atoms with Gasteiger partial charge in [-0.3, -0.25) is 0 Å². The molecule has 29 heavy (non-hydrogen) atoms. The number of likely N-dealkylation sites (tertiary alicyclic amines) is 1. The molecule has 2 bridgehead atoms. The predicted molar refractivity (Wildman–Crippen MR) is 106 cm³/mol. The molecular weight excluding hydrogens is 370 g/mol. The van der Waals surface area contributed by atoms with Crippen molar-refractivity contribution in [3.63, 3.8) is 0 Å². The fourth-order valence-corrected chi connectivity index (χ4v) is 6.91. The highest BCUT2D eigenvalue weighted by Gasteiger charge is 2.77. The van der Waals surface area contributed by atoms with E-state index >= 15 is 0 Å². The second-order valence-corrected chi connectivity index (χ2v) is 9.48. The van der Waals surface area contributed by atoms with Crippen LogP contribution in [0, 0.1) is 0 Å². The normalized spacial score (nSPS) is 38.7. The van der Waals surface area contributed by atoms with Crippen LogP contribution >= 0.6 is 0 Å². The first-order chi connectivity index (χ1) is 14.1. The largest absolute Gasteiger partial charge is 0.490 e. The minimum absolute atomic E-state index is 0.0893. The molecule has 6 heteroatoms. The molecule has 1 N–H and O–H groups in total. The van der Waals surface area contributed by atoms with Gasteiger partial charge in [0, 0.05) is 18.0 Å². The molecular formula is C23H31NO5. The van der Waals surface area contributed by atoms with Gasteiger partial charge in [-0.15, -0.1) is 0 Å². The quantitative estimate of drug-likeness (QED) is 0.782. The maximum Gasteiger partial charge on any atom is 0.207 e. The summed E-state index contributed by atoms with van der Waals surface area (Å²) < 4.78 is 25.3. The van der Waals surface area contributed by atoms with Crippen LogP contribution in [-0.2, 0) is 21.3 Å². The molecule has 3 heterocycles. The third-order valence-electron chi connectivity index (χ3n) is 8.25. The summed E-state index contributed by atoms with van der Waals surface area (Å²) in [6, 6.07) is 4.34. The van der Waals surface area contributed by atoms with Gasteiger partial charge < -0.3 is 29.0 Å². The molecule has 0 amide bonds. The minimum atomic E-state index is -0.842. The first-order valence-corrected chi connectivity index (χ1v) is 11.2. The van der Waals surface area contributed by atoms with Crippen molar-refractivity contribution in [2.75, 3.05) is 33.4 Å². The number of fused-ring (bicyclic) bond motifs is 1. The number of rotatable bonds is 4. The van der Waals surface area contributed by atoms with Crippen LogP contribution in [0.25, 0.3) is 0 Å². The first-order valence-electron chi connectivity index (χ1n) is 11.2. The summed E-state index contributed by atoms with van der Waals surface area (Å²) in [6.45, 7) is 4.94. The van der Waals surface area contributed by atoms with E-state index in [1.165, 1.54) is 11.1 Å². The van der Waals surface area contributed by atoms with Crippen LogP contribution in [-0.4, -0.2) is 67.0 Å². The van der Waals surface area contributed by atoms with E-state index < -0.39 is 16.8 Å². The topological polar surface area (TPSA) is 60.4 Å². The third-order valence-corrected chi connectivity index (χ3v) is 8.25. The second-order valence-electron chi connectivity index (χ2n) is 9.48. The van der Waals surface area contributed by atoms with Crippen LogP contribution in [0.3, 0.4) is 0 Å². The van der Waals surface area contributed by atoms with Gasteiger partial charge in [0.05, 0.1) is 30.8 Å². The molecule has 2 saturated heterocycles. The predicted octanol–water partition coefficient (Wildman–Crippen LogP) is 2.39. The molecule has 1 aromatic rings. The SMILES string of the molecule is CCCCOc1ccc2c3c1O[C@H]1C4(CC[C@@]5(O)[C@@H](C2)N(C)CC[C@]315)OCCO4. The van der Waals surface area contributed by atoms with Crippen molar-refractivity contribution in [2.45, 2.75) is 74.4 Å². The molecule has 6 nitrogen and oxygen atoms in total. The van der Waals surface area contributed by atoms with Gasteiger partial charge in [-0.05, 0) is 50.9 Å². The number of likely N-dealkylation sites (N-methyl/N-ethyl adjacent to an activating group) is 1. The van der Waals surface area contributed by atoms with Crippen LogP contribution in [0.1, 0.15) is 50.2 Å². The standard InChI is InChI=1S/C23H31NO5/c1-3-4-11-26-16-6-5-15-14-17-22(25)7-8-23(27-12-13-28-23)20-21(22,9-10-24(17)2)18(15)19(16)29-20/h5-6,17,20,25H,3-4,7-14H2,1-2H3/t17-,20-,21+,22-/m1/s1. The van der Waals surface area contributed by atoms with Gasteiger partial charge in [-0.2, -0.15) is 0 Å². The zero-order valence-corrected chi connectivity index (χ0v) is 17.4. The van der Waals surface area contributed by atoms with Crippen LogP contribution in [0.5, 0.6) is 11.5 Å². The second kappa shape index (κ2) is 6.10. The van der Waals surface area contributed by atoms with Crippen molar-refractivity contribution in [3.8, 4) is 11.5 Å². The van der Waals surface area contributed by atoms with Gasteiger partial charge in [0.15, 0.2) is 17.6 Å². The van der Waals surface area contributed by atoms with Gasteiger partial charge in [0.1, 0.15) is 0 Å². The van der Waals surface area contributed by atoms with Crippen molar-refractivity contribution in [1.29, 1.82) is 0 Å². The Bertz CT molecular complexity index is 837. The third kappa shape index (κ3) is 2.11. The molecule has 1 saturated carbocycles. The van der Waals surface area contributed by atoms with Crippen molar-refractivity contribution >= 4 is 0 Å². The highest BCUT2D eigenvalue weighted by molar-refractivity contribution is 5.63. The highest BCUT2D eigenvalue weighted by atomic mass is 16.8. The molecule has 4 atom stereocenters. The van der Waals surface area contributed by atoms with Crippen LogP contribution in [0.2, 0.25) is 0 Å². The molecule has 1 aromatic carbocycles. The number of benzene rings is 1. The fourth-order valence-electron chi connectivity index (χ4n) is 6.91. The van der Waals surface area contributed by atoms with E-state index in [1.54, 1.807) is 0 Å². The molecule has 3 fully saturated rings. The summed E-state index contributed by atoms with van der Waals surface area (Å²) in [4.78, 5) is 2.34. The van der Waals surface area contributed by atoms with E-state index in [9.17, 15) is 5.11 Å².